The average Bonchev–Trinajstić information content (AvgIpc) is 2.80. The Balaban J connectivity index is 0.00000302. The Morgan fingerprint density at radius 2 is 1.62 bits per heavy atom. The molecule has 1 aliphatic heterocycles. The lowest BCUT2D eigenvalue weighted by Crippen LogP contribution is -2.29. The maximum absolute atomic E-state index is 14.5. The van der Waals surface area contributed by atoms with E-state index in [1.54, 1.807) is 19.9 Å². The summed E-state index contributed by atoms with van der Waals surface area (Å²) in [7, 11) is 1.32. The van der Waals surface area contributed by atoms with E-state index >= 15 is 0 Å². The molecular weight excluding hydrogens is 410 g/mol. The van der Waals surface area contributed by atoms with Crippen LogP contribution in [0.2, 0.25) is 0 Å². The summed E-state index contributed by atoms with van der Waals surface area (Å²) < 4.78 is 45.2. The van der Waals surface area contributed by atoms with Gasteiger partial charge >= 0.3 is 0 Å². The molecule has 2 atom stereocenters. The van der Waals surface area contributed by atoms with E-state index in [2.05, 4.69) is 20.8 Å². The molecule has 3 nitrogen and oxygen atoms in total. The molecule has 0 aliphatic carbocycles. The van der Waals surface area contributed by atoms with Crippen molar-refractivity contribution in [3.8, 4) is 0 Å². The quantitative estimate of drug-likeness (QED) is 0.230. The molecule has 0 N–H and O–H groups in total. The highest BCUT2D eigenvalue weighted by atomic mass is 19.2. The van der Waals surface area contributed by atoms with Gasteiger partial charge in [-0.05, 0) is 62.7 Å². The number of allylic oxidation sites excluding steroid dienone is 8. The lowest BCUT2D eigenvalue weighted by Gasteiger charge is -2.29. The second-order valence-electron chi connectivity index (χ2n) is 8.26. The van der Waals surface area contributed by atoms with Crippen LogP contribution in [0.5, 0.6) is 0 Å². The zero-order chi connectivity index (χ0) is 24.5. The minimum absolute atomic E-state index is 0.0666. The number of halogens is 2. The third-order valence-corrected chi connectivity index (χ3v) is 5.39. The molecule has 1 heterocycles. The second kappa shape index (κ2) is 17.9. The van der Waals surface area contributed by atoms with Crippen molar-refractivity contribution in [2.24, 2.45) is 5.92 Å². The largest absolute Gasteiger partial charge is 0.498 e. The molecule has 186 valence electrons. The Morgan fingerprint density at radius 3 is 2.09 bits per heavy atom. The van der Waals surface area contributed by atoms with Crippen LogP contribution in [0.1, 0.15) is 93.4 Å². The molecule has 0 amide bonds. The molecule has 0 aromatic rings. The van der Waals surface area contributed by atoms with Crippen LogP contribution in [-0.4, -0.2) is 26.4 Å². The Labute approximate surface area is 195 Å². The molecule has 0 aromatic carbocycles. The van der Waals surface area contributed by atoms with Crippen molar-refractivity contribution >= 4 is 0 Å². The maximum atomic E-state index is 14.5. The first-order valence-corrected chi connectivity index (χ1v) is 12.2. The van der Waals surface area contributed by atoms with E-state index < -0.39 is 11.7 Å². The summed E-state index contributed by atoms with van der Waals surface area (Å²) in [5.74, 6) is -0.408. The molecule has 1 fully saturated rings. The van der Waals surface area contributed by atoms with Gasteiger partial charge in [-0.3, -0.25) is 0 Å². The smallest absolute Gasteiger partial charge is 0.196 e. The highest BCUT2D eigenvalue weighted by Gasteiger charge is 2.21. The van der Waals surface area contributed by atoms with Crippen molar-refractivity contribution in [2.45, 2.75) is 99.5 Å². The van der Waals surface area contributed by atoms with E-state index in [9.17, 15) is 8.78 Å². The zero-order valence-corrected chi connectivity index (χ0v) is 21.7. The van der Waals surface area contributed by atoms with Gasteiger partial charge in [0.15, 0.2) is 11.7 Å². The lowest BCUT2D eigenvalue weighted by atomic mass is 9.94. The predicted octanol–water partition coefficient (Wildman–Crippen LogP) is 8.74. The Kier molecular flexibility index (Phi) is 17.0. The normalized spacial score (nSPS) is 21.2. The molecule has 0 bridgehead atoms. The second-order valence-corrected chi connectivity index (χ2v) is 8.26. The first-order chi connectivity index (χ1) is 15.3. The lowest BCUT2D eigenvalue weighted by molar-refractivity contribution is -0.0512. The van der Waals surface area contributed by atoms with Crippen LogP contribution in [0, 0.1) is 5.92 Å². The van der Waals surface area contributed by atoms with Crippen molar-refractivity contribution < 1.29 is 23.0 Å². The standard InChI is InChI=1S/C24H38F2O3.C3H8/c1-7-10-19-12-14-21(28-15-19)16-29-20(8-2)13-11-17(4)22(9-3)24(26)23(25)18(5)27-6;1-3-2/h11,13,19,21H,7-10,12,14-16H2,1-6H3;3H2,1-2H3/b17-11+,20-13+,23-18-,24-22-;. The fourth-order valence-corrected chi connectivity index (χ4v) is 3.40. The first-order valence-electron chi connectivity index (χ1n) is 12.2. The molecule has 1 saturated heterocycles. The number of ether oxygens (including phenoxy) is 3. The summed E-state index contributed by atoms with van der Waals surface area (Å²) in [6.45, 7) is 14.8. The first kappa shape index (κ1) is 30.4. The van der Waals surface area contributed by atoms with Crippen LogP contribution in [0.25, 0.3) is 0 Å². The van der Waals surface area contributed by atoms with E-state index in [-0.39, 0.29) is 11.9 Å². The van der Waals surface area contributed by atoms with Crippen LogP contribution in [0.4, 0.5) is 8.78 Å². The molecule has 0 spiro atoms. The van der Waals surface area contributed by atoms with Crippen molar-refractivity contribution in [1.29, 1.82) is 0 Å². The molecule has 0 radical (unpaired) electrons. The molecule has 0 saturated carbocycles. The average molecular weight is 457 g/mol. The maximum Gasteiger partial charge on any atom is 0.196 e. The third kappa shape index (κ3) is 11.3. The molecule has 5 heteroatoms. The SMILES string of the molecule is CCC.CCCC1CCC(CO/C(=C/C=C(C)/C(CC)=C(F)/C(F)=C(\C)OC)CC)OC1. The highest BCUT2D eigenvalue weighted by Crippen LogP contribution is 2.28. The van der Waals surface area contributed by atoms with Crippen molar-refractivity contribution in [1.82, 2.24) is 0 Å². The Morgan fingerprint density at radius 1 is 0.969 bits per heavy atom. The van der Waals surface area contributed by atoms with Gasteiger partial charge in [0.25, 0.3) is 0 Å². The summed E-state index contributed by atoms with van der Waals surface area (Å²) in [4.78, 5) is 0. The van der Waals surface area contributed by atoms with Gasteiger partial charge in [-0.25, -0.2) is 8.78 Å². The minimum Gasteiger partial charge on any atom is -0.498 e. The molecule has 1 rings (SSSR count). The van der Waals surface area contributed by atoms with Crippen LogP contribution in [-0.2, 0) is 14.2 Å². The summed E-state index contributed by atoms with van der Waals surface area (Å²) >= 11 is 0. The van der Waals surface area contributed by atoms with Gasteiger partial charge in [0.2, 0.25) is 0 Å². The number of methoxy groups -OCH3 is 1. The van der Waals surface area contributed by atoms with Gasteiger partial charge in [0.1, 0.15) is 12.4 Å². The Bertz CT molecular complexity index is 639. The zero-order valence-electron chi connectivity index (χ0n) is 21.7. The summed E-state index contributed by atoms with van der Waals surface area (Å²) in [5.41, 5.74) is 0.984. The van der Waals surface area contributed by atoms with Gasteiger partial charge in [-0.1, -0.05) is 53.5 Å². The van der Waals surface area contributed by atoms with Crippen molar-refractivity contribution in [3.63, 3.8) is 0 Å². The minimum atomic E-state index is -0.955. The van der Waals surface area contributed by atoms with Crippen LogP contribution in [0.15, 0.2) is 46.5 Å². The van der Waals surface area contributed by atoms with Gasteiger partial charge in [0, 0.05) is 13.0 Å². The van der Waals surface area contributed by atoms with Gasteiger partial charge in [0.05, 0.1) is 19.0 Å². The highest BCUT2D eigenvalue weighted by molar-refractivity contribution is 5.40. The molecule has 1 aliphatic rings. The van der Waals surface area contributed by atoms with Crippen LogP contribution < -0.4 is 0 Å². The molecule has 32 heavy (non-hydrogen) atoms. The van der Waals surface area contributed by atoms with Gasteiger partial charge in [-0.2, -0.15) is 0 Å². The fraction of sp³-hybridized carbons (Fsp3) is 0.704. The monoisotopic (exact) mass is 456 g/mol. The van der Waals surface area contributed by atoms with E-state index in [1.165, 1.54) is 39.7 Å². The summed E-state index contributed by atoms with van der Waals surface area (Å²) in [5, 5.41) is 0. The van der Waals surface area contributed by atoms with E-state index in [0.717, 1.165) is 25.2 Å². The third-order valence-electron chi connectivity index (χ3n) is 5.39. The van der Waals surface area contributed by atoms with Crippen molar-refractivity contribution in [2.75, 3.05) is 20.3 Å². The topological polar surface area (TPSA) is 27.7 Å². The summed E-state index contributed by atoms with van der Waals surface area (Å²) in [6.07, 6.45) is 10.7. The van der Waals surface area contributed by atoms with Crippen LogP contribution in [0.3, 0.4) is 0 Å². The molecular formula is C27H46F2O3. The molecule has 0 aromatic heterocycles. The number of hydrogen-bond acceptors (Lipinski definition) is 3. The fourth-order valence-electron chi connectivity index (χ4n) is 3.40. The number of hydrogen-bond donors (Lipinski definition) is 0. The van der Waals surface area contributed by atoms with Gasteiger partial charge in [-0.15, -0.1) is 0 Å². The van der Waals surface area contributed by atoms with Crippen LogP contribution >= 0.6 is 0 Å². The van der Waals surface area contributed by atoms with Crippen molar-refractivity contribution in [3.05, 3.63) is 46.5 Å². The predicted molar refractivity (Wildman–Crippen MR) is 131 cm³/mol. The van der Waals surface area contributed by atoms with E-state index in [4.69, 9.17) is 14.2 Å². The molecule has 2 unspecified atom stereocenters. The summed E-state index contributed by atoms with van der Waals surface area (Å²) in [6, 6.07) is 0. The van der Waals surface area contributed by atoms with E-state index in [1.807, 2.05) is 13.0 Å². The Hall–Kier alpha value is -1.62. The van der Waals surface area contributed by atoms with E-state index in [0.29, 0.717) is 30.1 Å². The van der Waals surface area contributed by atoms with Gasteiger partial charge < -0.3 is 14.2 Å². The number of rotatable bonds is 11.